The summed E-state index contributed by atoms with van der Waals surface area (Å²) in [5.74, 6) is 0.686. The summed E-state index contributed by atoms with van der Waals surface area (Å²) in [5.41, 5.74) is 0.801. The van der Waals surface area contributed by atoms with Crippen molar-refractivity contribution in [2.75, 3.05) is 12.0 Å². The number of hydrogen-bond acceptors (Lipinski definition) is 2. The molecule has 0 aliphatic carbocycles. The maximum Gasteiger partial charge on any atom is 0.0652 e. The molecule has 0 saturated carbocycles. The molecule has 0 spiro atoms. The van der Waals surface area contributed by atoms with E-state index in [1.54, 1.807) is 18.4 Å². The molecule has 0 bridgehead atoms. The van der Waals surface area contributed by atoms with Gasteiger partial charge in [0.1, 0.15) is 0 Å². The molecule has 2 nitrogen and oxygen atoms in total. The van der Waals surface area contributed by atoms with Crippen molar-refractivity contribution in [3.05, 3.63) is 32.8 Å². The second-order valence-corrected chi connectivity index (χ2v) is 6.92. The van der Waals surface area contributed by atoms with Crippen LogP contribution in [0.4, 0.5) is 0 Å². The lowest BCUT2D eigenvalue weighted by Crippen LogP contribution is -2.27. The van der Waals surface area contributed by atoms with Crippen LogP contribution in [0.25, 0.3) is 0 Å². The first-order valence-corrected chi connectivity index (χ1v) is 8.43. The highest BCUT2D eigenvalue weighted by Crippen LogP contribution is 2.31. The molecule has 6 heteroatoms. The smallest absolute Gasteiger partial charge is 0.0652 e. The molecule has 0 aliphatic rings. The Balaban J connectivity index is 2.58. The van der Waals surface area contributed by atoms with Gasteiger partial charge in [-0.05, 0) is 25.5 Å². The van der Waals surface area contributed by atoms with Crippen LogP contribution in [0.1, 0.15) is 18.9 Å². The third-order valence-electron chi connectivity index (χ3n) is 2.60. The van der Waals surface area contributed by atoms with Crippen molar-refractivity contribution in [1.82, 2.24) is 5.32 Å². The van der Waals surface area contributed by atoms with Crippen LogP contribution in [-0.2, 0) is 17.3 Å². The van der Waals surface area contributed by atoms with E-state index in [1.807, 2.05) is 6.92 Å². The van der Waals surface area contributed by atoms with Gasteiger partial charge in [0.15, 0.2) is 0 Å². The molecular formula is C12H16Cl3NOS. The quantitative estimate of drug-likeness (QED) is 0.803. The summed E-state index contributed by atoms with van der Waals surface area (Å²) in [6.45, 7) is 2.59. The van der Waals surface area contributed by atoms with Crippen molar-refractivity contribution in [2.24, 2.45) is 0 Å². The van der Waals surface area contributed by atoms with Gasteiger partial charge in [-0.3, -0.25) is 4.21 Å². The number of nitrogens with one attached hydrogen (secondary N) is 1. The van der Waals surface area contributed by atoms with Crippen molar-refractivity contribution >= 4 is 45.6 Å². The maximum atomic E-state index is 11.0. The van der Waals surface area contributed by atoms with E-state index in [0.29, 0.717) is 27.4 Å². The standard InChI is InChI=1S/C12H16Cl3NOS/c1-8(5-6-18(2)17)16-7-9-10(13)3-4-11(14)12(9)15/h3-4,8,16H,5-7H2,1-2H3. The monoisotopic (exact) mass is 327 g/mol. The van der Waals surface area contributed by atoms with Gasteiger partial charge < -0.3 is 5.32 Å². The van der Waals surface area contributed by atoms with E-state index >= 15 is 0 Å². The van der Waals surface area contributed by atoms with Crippen molar-refractivity contribution in [3.63, 3.8) is 0 Å². The van der Waals surface area contributed by atoms with Gasteiger partial charge in [0.05, 0.1) is 10.0 Å². The van der Waals surface area contributed by atoms with Gasteiger partial charge in [-0.2, -0.15) is 0 Å². The minimum Gasteiger partial charge on any atom is -0.310 e. The molecule has 0 aromatic heterocycles. The number of rotatable bonds is 6. The Morgan fingerprint density at radius 1 is 1.28 bits per heavy atom. The highest BCUT2D eigenvalue weighted by atomic mass is 35.5. The predicted molar refractivity (Wildman–Crippen MR) is 81.3 cm³/mol. The van der Waals surface area contributed by atoms with E-state index in [9.17, 15) is 4.21 Å². The molecule has 0 radical (unpaired) electrons. The zero-order valence-electron chi connectivity index (χ0n) is 10.3. The van der Waals surface area contributed by atoms with E-state index in [1.165, 1.54) is 0 Å². The van der Waals surface area contributed by atoms with Crippen LogP contribution in [0.15, 0.2) is 12.1 Å². The van der Waals surface area contributed by atoms with Crippen molar-refractivity contribution < 1.29 is 4.21 Å². The van der Waals surface area contributed by atoms with Crippen LogP contribution in [0.2, 0.25) is 15.1 Å². The minimum absolute atomic E-state index is 0.250. The summed E-state index contributed by atoms with van der Waals surface area (Å²) < 4.78 is 11.0. The molecule has 1 N–H and O–H groups in total. The Hall–Kier alpha value is 0.200. The van der Waals surface area contributed by atoms with Crippen LogP contribution in [0.5, 0.6) is 0 Å². The highest BCUT2D eigenvalue weighted by Gasteiger charge is 2.11. The Morgan fingerprint density at radius 3 is 2.50 bits per heavy atom. The normalized spacial score (nSPS) is 14.5. The summed E-state index contributed by atoms with van der Waals surface area (Å²) >= 11 is 18.1. The van der Waals surface area contributed by atoms with E-state index in [-0.39, 0.29) is 6.04 Å². The average Bonchev–Trinajstić information content (AvgIpc) is 2.31. The zero-order chi connectivity index (χ0) is 13.7. The van der Waals surface area contributed by atoms with Crippen LogP contribution in [-0.4, -0.2) is 22.3 Å². The molecule has 0 saturated heterocycles. The lowest BCUT2D eigenvalue weighted by Gasteiger charge is -2.15. The predicted octanol–water partition coefficient (Wildman–Crippen LogP) is 3.89. The highest BCUT2D eigenvalue weighted by molar-refractivity contribution is 7.84. The van der Waals surface area contributed by atoms with Crippen molar-refractivity contribution in [1.29, 1.82) is 0 Å². The Kier molecular flexibility index (Phi) is 6.96. The fourth-order valence-electron chi connectivity index (χ4n) is 1.45. The molecule has 0 heterocycles. The van der Waals surface area contributed by atoms with Gasteiger partial charge in [0, 0.05) is 46.0 Å². The third-order valence-corrected chi connectivity index (χ3v) is 4.61. The fraction of sp³-hybridized carbons (Fsp3) is 0.500. The van der Waals surface area contributed by atoms with Crippen LogP contribution >= 0.6 is 34.8 Å². The molecule has 0 fully saturated rings. The fourth-order valence-corrected chi connectivity index (χ4v) is 2.82. The van der Waals surface area contributed by atoms with E-state index < -0.39 is 10.8 Å². The topological polar surface area (TPSA) is 29.1 Å². The first kappa shape index (κ1) is 16.3. The van der Waals surface area contributed by atoms with Crippen LogP contribution in [0.3, 0.4) is 0 Å². The summed E-state index contributed by atoms with van der Waals surface area (Å²) in [6, 6.07) is 3.66. The van der Waals surface area contributed by atoms with E-state index in [0.717, 1.165) is 12.0 Å². The SMILES string of the molecule is CC(CCS(C)=O)NCc1c(Cl)ccc(Cl)c1Cl. The van der Waals surface area contributed by atoms with Crippen molar-refractivity contribution in [3.8, 4) is 0 Å². The summed E-state index contributed by atoms with van der Waals surface area (Å²) in [4.78, 5) is 0. The second-order valence-electron chi connectivity index (χ2n) is 4.17. The van der Waals surface area contributed by atoms with E-state index in [4.69, 9.17) is 34.8 Å². The molecule has 102 valence electrons. The van der Waals surface area contributed by atoms with Gasteiger partial charge in [0.25, 0.3) is 0 Å². The maximum absolute atomic E-state index is 11.0. The van der Waals surface area contributed by atoms with Gasteiger partial charge in [-0.1, -0.05) is 34.8 Å². The molecule has 2 unspecified atom stereocenters. The largest absolute Gasteiger partial charge is 0.310 e. The van der Waals surface area contributed by atoms with E-state index in [2.05, 4.69) is 5.32 Å². The lowest BCUT2D eigenvalue weighted by molar-refractivity contribution is 0.535. The molecule has 0 aliphatic heterocycles. The number of hydrogen-bond donors (Lipinski definition) is 1. The van der Waals surface area contributed by atoms with Gasteiger partial charge in [0.2, 0.25) is 0 Å². The zero-order valence-corrected chi connectivity index (χ0v) is 13.4. The lowest BCUT2D eigenvalue weighted by atomic mass is 10.2. The first-order chi connectivity index (χ1) is 8.41. The third kappa shape index (κ3) is 5.06. The molecule has 2 atom stereocenters. The molecule has 1 rings (SSSR count). The van der Waals surface area contributed by atoms with Gasteiger partial charge in [-0.15, -0.1) is 0 Å². The molecular weight excluding hydrogens is 313 g/mol. The number of halogens is 3. The van der Waals surface area contributed by atoms with Crippen LogP contribution in [0, 0.1) is 0 Å². The molecule has 18 heavy (non-hydrogen) atoms. The number of benzene rings is 1. The van der Waals surface area contributed by atoms with Gasteiger partial charge in [-0.25, -0.2) is 0 Å². The van der Waals surface area contributed by atoms with Gasteiger partial charge >= 0.3 is 0 Å². The Morgan fingerprint density at radius 2 is 1.89 bits per heavy atom. The first-order valence-electron chi connectivity index (χ1n) is 5.57. The average molecular weight is 329 g/mol. The summed E-state index contributed by atoms with van der Waals surface area (Å²) in [5, 5.41) is 4.89. The summed E-state index contributed by atoms with van der Waals surface area (Å²) in [6.07, 6.45) is 2.55. The second kappa shape index (κ2) is 7.71. The molecule has 0 amide bonds. The molecule has 1 aromatic rings. The Labute approximate surface area is 125 Å². The van der Waals surface area contributed by atoms with Crippen molar-refractivity contribution in [2.45, 2.75) is 25.9 Å². The summed E-state index contributed by atoms with van der Waals surface area (Å²) in [7, 11) is -0.760. The molecule has 1 aromatic carbocycles. The Bertz CT molecular complexity index is 440. The minimum atomic E-state index is -0.760. The van der Waals surface area contributed by atoms with Crippen LogP contribution < -0.4 is 5.32 Å².